The first-order valence-electron chi connectivity index (χ1n) is 11.6. The van der Waals surface area contributed by atoms with Crippen LogP contribution in [0.3, 0.4) is 0 Å². The number of aromatic amines is 1. The first-order valence-corrected chi connectivity index (χ1v) is 11.6. The standard InChI is InChI=1S/C29H35N3O/c1-27(2,3)18-28(4,5)22-15-11-16-23(26(22)33)29(6,7)21-14-9-8-12-19(21)20-13-10-17-24-25(20)31-32-30-24/h8-17,33H,18H2,1-7H3,(H,30,31,32). The van der Waals surface area contributed by atoms with E-state index in [1.807, 2.05) is 12.1 Å². The van der Waals surface area contributed by atoms with Gasteiger partial charge in [-0.2, -0.15) is 15.4 Å². The number of nitrogens with one attached hydrogen (secondary N) is 1. The zero-order chi connectivity index (χ0) is 24.0. The molecule has 0 radical (unpaired) electrons. The largest absolute Gasteiger partial charge is 0.507 e. The number of hydrogen-bond acceptors (Lipinski definition) is 3. The molecule has 4 rings (SSSR count). The third kappa shape index (κ3) is 4.27. The van der Waals surface area contributed by atoms with E-state index < -0.39 is 5.41 Å². The molecule has 0 saturated heterocycles. The lowest BCUT2D eigenvalue weighted by Gasteiger charge is -2.36. The van der Waals surface area contributed by atoms with Gasteiger partial charge in [-0.15, -0.1) is 0 Å². The third-order valence-corrected chi connectivity index (χ3v) is 6.65. The molecule has 4 aromatic rings. The Hall–Kier alpha value is -3.14. The molecule has 3 aromatic carbocycles. The van der Waals surface area contributed by atoms with Gasteiger partial charge in [0, 0.05) is 16.5 Å². The number of fused-ring (bicyclic) bond motifs is 1. The number of hydrogen-bond donors (Lipinski definition) is 2. The summed E-state index contributed by atoms with van der Waals surface area (Å²) in [7, 11) is 0. The van der Waals surface area contributed by atoms with Crippen LogP contribution in [-0.4, -0.2) is 20.5 Å². The van der Waals surface area contributed by atoms with Crippen LogP contribution < -0.4 is 0 Å². The van der Waals surface area contributed by atoms with Crippen molar-refractivity contribution in [3.05, 3.63) is 77.4 Å². The Bertz CT molecular complexity index is 1290. The number of benzene rings is 3. The second-order valence-electron chi connectivity index (χ2n) is 11.5. The smallest absolute Gasteiger partial charge is 0.123 e. The van der Waals surface area contributed by atoms with Crippen LogP contribution in [0, 0.1) is 5.41 Å². The summed E-state index contributed by atoms with van der Waals surface area (Å²) in [6.07, 6.45) is 0.974. The molecule has 33 heavy (non-hydrogen) atoms. The second-order valence-corrected chi connectivity index (χ2v) is 11.5. The molecule has 172 valence electrons. The summed E-state index contributed by atoms with van der Waals surface area (Å²) in [5.41, 5.74) is 6.47. The van der Waals surface area contributed by atoms with Crippen molar-refractivity contribution in [3.63, 3.8) is 0 Å². The van der Waals surface area contributed by atoms with Crippen molar-refractivity contribution in [2.45, 2.75) is 65.7 Å². The average molecular weight is 442 g/mol. The Balaban J connectivity index is 1.87. The molecule has 4 heteroatoms. The van der Waals surface area contributed by atoms with E-state index in [1.165, 1.54) is 0 Å². The summed E-state index contributed by atoms with van der Waals surface area (Å²) in [4.78, 5) is 0. The molecular weight excluding hydrogens is 406 g/mol. The fourth-order valence-corrected chi connectivity index (χ4v) is 5.51. The van der Waals surface area contributed by atoms with Crippen LogP contribution in [0.15, 0.2) is 60.7 Å². The Morgan fingerprint density at radius 1 is 0.697 bits per heavy atom. The SMILES string of the molecule is CC(C)(C)CC(C)(C)c1cccc(C(C)(C)c2ccccc2-c2cccc3n[nH]nc23)c1O. The molecule has 0 atom stereocenters. The summed E-state index contributed by atoms with van der Waals surface area (Å²) in [6, 6.07) is 20.7. The number of phenolic OH excluding ortho intramolecular Hbond substituents is 1. The van der Waals surface area contributed by atoms with Gasteiger partial charge in [-0.3, -0.25) is 0 Å². The molecule has 1 aromatic heterocycles. The van der Waals surface area contributed by atoms with Gasteiger partial charge in [-0.25, -0.2) is 0 Å². The highest BCUT2D eigenvalue weighted by molar-refractivity contribution is 5.92. The van der Waals surface area contributed by atoms with E-state index in [2.05, 4.69) is 112 Å². The molecule has 0 aliphatic heterocycles. The number of aromatic hydroxyl groups is 1. The van der Waals surface area contributed by atoms with Crippen molar-refractivity contribution in [2.24, 2.45) is 5.41 Å². The van der Waals surface area contributed by atoms with E-state index in [0.29, 0.717) is 5.75 Å². The molecule has 0 saturated carbocycles. The van der Waals surface area contributed by atoms with Crippen molar-refractivity contribution in [2.75, 3.05) is 0 Å². The van der Waals surface area contributed by atoms with Crippen LogP contribution in [0.4, 0.5) is 0 Å². The molecule has 0 fully saturated rings. The summed E-state index contributed by atoms with van der Waals surface area (Å²) in [5.74, 6) is 0.395. The van der Waals surface area contributed by atoms with Crippen LogP contribution in [-0.2, 0) is 10.8 Å². The Morgan fingerprint density at radius 2 is 1.30 bits per heavy atom. The summed E-state index contributed by atoms with van der Waals surface area (Å²) < 4.78 is 0. The minimum Gasteiger partial charge on any atom is -0.507 e. The van der Waals surface area contributed by atoms with Crippen LogP contribution in [0.25, 0.3) is 22.2 Å². The number of aromatic nitrogens is 3. The monoisotopic (exact) mass is 441 g/mol. The Morgan fingerprint density at radius 3 is 2.03 bits per heavy atom. The predicted octanol–water partition coefficient (Wildman–Crippen LogP) is 7.37. The molecule has 0 aliphatic carbocycles. The zero-order valence-corrected chi connectivity index (χ0v) is 20.8. The number of H-pyrrole nitrogens is 1. The number of para-hydroxylation sites is 2. The maximum atomic E-state index is 11.6. The molecule has 0 bridgehead atoms. The van der Waals surface area contributed by atoms with Crippen LogP contribution in [0.1, 0.15) is 71.6 Å². The number of nitrogens with zero attached hydrogens (tertiary/aromatic N) is 2. The van der Waals surface area contributed by atoms with Crippen molar-refractivity contribution in [1.29, 1.82) is 0 Å². The van der Waals surface area contributed by atoms with Gasteiger partial charge in [-0.05, 0) is 40.0 Å². The molecule has 1 heterocycles. The highest BCUT2D eigenvalue weighted by Gasteiger charge is 2.34. The molecule has 0 aliphatic rings. The van der Waals surface area contributed by atoms with Crippen LogP contribution in [0.2, 0.25) is 0 Å². The van der Waals surface area contributed by atoms with E-state index in [9.17, 15) is 5.11 Å². The van der Waals surface area contributed by atoms with Crippen molar-refractivity contribution < 1.29 is 5.11 Å². The first kappa shape index (κ1) is 23.0. The van der Waals surface area contributed by atoms with E-state index in [1.54, 1.807) is 0 Å². The minimum atomic E-state index is -0.430. The predicted molar refractivity (Wildman–Crippen MR) is 137 cm³/mol. The highest BCUT2D eigenvalue weighted by atomic mass is 16.3. The average Bonchev–Trinajstić information content (AvgIpc) is 3.21. The summed E-state index contributed by atoms with van der Waals surface area (Å²) >= 11 is 0. The molecule has 0 spiro atoms. The van der Waals surface area contributed by atoms with Crippen molar-refractivity contribution in [1.82, 2.24) is 15.4 Å². The first-order chi connectivity index (χ1) is 15.4. The lowest BCUT2D eigenvalue weighted by Crippen LogP contribution is -2.26. The lowest BCUT2D eigenvalue weighted by atomic mass is 9.69. The van der Waals surface area contributed by atoms with E-state index >= 15 is 0 Å². The third-order valence-electron chi connectivity index (χ3n) is 6.65. The Labute approximate surface area is 197 Å². The van der Waals surface area contributed by atoms with Crippen molar-refractivity contribution >= 4 is 11.0 Å². The zero-order valence-electron chi connectivity index (χ0n) is 20.8. The summed E-state index contributed by atoms with van der Waals surface area (Å²) in [6.45, 7) is 15.6. The molecule has 2 N–H and O–H groups in total. The van der Waals surface area contributed by atoms with Gasteiger partial charge in [0.2, 0.25) is 0 Å². The van der Waals surface area contributed by atoms with Gasteiger partial charge in [-0.1, -0.05) is 103 Å². The van der Waals surface area contributed by atoms with E-state index in [0.717, 1.165) is 45.3 Å². The lowest BCUT2D eigenvalue weighted by molar-refractivity contribution is 0.277. The minimum absolute atomic E-state index is 0.153. The topological polar surface area (TPSA) is 61.8 Å². The maximum Gasteiger partial charge on any atom is 0.123 e. The molecule has 4 nitrogen and oxygen atoms in total. The van der Waals surface area contributed by atoms with E-state index in [-0.39, 0.29) is 10.8 Å². The van der Waals surface area contributed by atoms with Crippen LogP contribution >= 0.6 is 0 Å². The van der Waals surface area contributed by atoms with Gasteiger partial charge in [0.25, 0.3) is 0 Å². The molecule has 0 amide bonds. The van der Waals surface area contributed by atoms with E-state index in [4.69, 9.17) is 0 Å². The van der Waals surface area contributed by atoms with Gasteiger partial charge in [0.05, 0.1) is 0 Å². The fourth-order valence-electron chi connectivity index (χ4n) is 5.51. The van der Waals surface area contributed by atoms with Gasteiger partial charge in [0.1, 0.15) is 16.8 Å². The number of rotatable bonds is 5. The maximum absolute atomic E-state index is 11.6. The Kier molecular flexibility index (Phi) is 5.60. The quantitative estimate of drug-likeness (QED) is 0.340. The summed E-state index contributed by atoms with van der Waals surface area (Å²) in [5, 5.41) is 23.0. The van der Waals surface area contributed by atoms with Crippen molar-refractivity contribution in [3.8, 4) is 16.9 Å². The van der Waals surface area contributed by atoms with Crippen LogP contribution in [0.5, 0.6) is 5.75 Å². The van der Waals surface area contributed by atoms with Gasteiger partial charge in [0.15, 0.2) is 0 Å². The number of phenols is 1. The fraction of sp³-hybridized carbons (Fsp3) is 0.379. The molecular formula is C29H35N3O. The highest BCUT2D eigenvalue weighted by Crippen LogP contribution is 2.47. The second kappa shape index (κ2) is 8.02. The van der Waals surface area contributed by atoms with Gasteiger partial charge >= 0.3 is 0 Å². The molecule has 0 unspecified atom stereocenters. The van der Waals surface area contributed by atoms with Gasteiger partial charge < -0.3 is 5.11 Å². The normalized spacial score (nSPS) is 12.9.